The lowest BCUT2D eigenvalue weighted by Gasteiger charge is -2.05. The van der Waals surface area contributed by atoms with Crippen molar-refractivity contribution in [1.29, 1.82) is 0 Å². The summed E-state index contributed by atoms with van der Waals surface area (Å²) in [5.41, 5.74) is 1.31. The number of aromatic nitrogens is 2. The summed E-state index contributed by atoms with van der Waals surface area (Å²) < 4.78 is 5.47. The minimum absolute atomic E-state index is 0.00634. The lowest BCUT2D eigenvalue weighted by atomic mass is 10.1. The van der Waals surface area contributed by atoms with Crippen molar-refractivity contribution >= 4 is 5.78 Å². The van der Waals surface area contributed by atoms with Crippen molar-refractivity contribution in [3.05, 3.63) is 54.1 Å². The maximum Gasteiger partial charge on any atom is 0.170 e. The van der Waals surface area contributed by atoms with Gasteiger partial charge < -0.3 is 4.74 Å². The molecule has 98 valence electrons. The van der Waals surface area contributed by atoms with Gasteiger partial charge in [-0.1, -0.05) is 13.0 Å². The molecule has 0 bridgehead atoms. The molecular formula is C15H16N2O2. The van der Waals surface area contributed by atoms with E-state index in [0.29, 0.717) is 17.9 Å². The molecule has 0 aromatic carbocycles. The zero-order valence-electron chi connectivity index (χ0n) is 10.9. The first kappa shape index (κ1) is 13.2. The van der Waals surface area contributed by atoms with E-state index < -0.39 is 0 Å². The van der Waals surface area contributed by atoms with Crippen molar-refractivity contribution in [1.82, 2.24) is 9.97 Å². The molecule has 0 amide bonds. The van der Waals surface area contributed by atoms with Crippen molar-refractivity contribution in [2.45, 2.75) is 19.8 Å². The second-order valence-electron chi connectivity index (χ2n) is 4.18. The number of rotatable bonds is 6. The van der Waals surface area contributed by atoms with Crippen molar-refractivity contribution in [2.75, 3.05) is 6.61 Å². The van der Waals surface area contributed by atoms with E-state index in [1.165, 1.54) is 0 Å². The maximum absolute atomic E-state index is 12.1. The SMILES string of the molecule is CCCOc1cncc(C(=O)Cc2ccccn2)c1. The standard InChI is InChI=1S/C15H16N2O2/c1-2-7-19-14-8-12(10-16-11-14)15(18)9-13-5-3-4-6-17-13/h3-6,8,10-11H,2,7,9H2,1H3. The number of ether oxygens (including phenoxy) is 1. The summed E-state index contributed by atoms with van der Waals surface area (Å²) in [4.78, 5) is 20.3. The molecule has 0 radical (unpaired) electrons. The van der Waals surface area contributed by atoms with E-state index in [0.717, 1.165) is 12.1 Å². The van der Waals surface area contributed by atoms with E-state index in [-0.39, 0.29) is 12.2 Å². The fourth-order valence-electron chi connectivity index (χ4n) is 1.64. The first-order chi connectivity index (χ1) is 9.29. The van der Waals surface area contributed by atoms with E-state index in [1.54, 1.807) is 24.7 Å². The van der Waals surface area contributed by atoms with Gasteiger partial charge in [-0.15, -0.1) is 0 Å². The molecular weight excluding hydrogens is 240 g/mol. The zero-order chi connectivity index (χ0) is 13.5. The Bertz CT molecular complexity index is 541. The van der Waals surface area contributed by atoms with Crippen molar-refractivity contribution < 1.29 is 9.53 Å². The van der Waals surface area contributed by atoms with Crippen LogP contribution in [-0.4, -0.2) is 22.4 Å². The van der Waals surface area contributed by atoms with Crippen LogP contribution in [0.3, 0.4) is 0 Å². The quantitative estimate of drug-likeness (QED) is 0.746. The summed E-state index contributed by atoms with van der Waals surface area (Å²) in [5.74, 6) is 0.627. The second kappa shape index (κ2) is 6.64. The number of carbonyl (C=O) groups is 1. The van der Waals surface area contributed by atoms with Crippen LogP contribution in [0.25, 0.3) is 0 Å². The van der Waals surface area contributed by atoms with E-state index in [1.807, 2.05) is 25.1 Å². The number of ketones is 1. The molecule has 4 heteroatoms. The average molecular weight is 256 g/mol. The van der Waals surface area contributed by atoms with Crippen LogP contribution in [0.5, 0.6) is 5.75 Å². The Kier molecular flexibility index (Phi) is 4.61. The van der Waals surface area contributed by atoms with Gasteiger partial charge in [0.2, 0.25) is 0 Å². The lowest BCUT2D eigenvalue weighted by molar-refractivity contribution is 0.0991. The van der Waals surface area contributed by atoms with E-state index in [2.05, 4.69) is 9.97 Å². The number of hydrogen-bond acceptors (Lipinski definition) is 4. The Morgan fingerprint density at radius 1 is 1.32 bits per heavy atom. The van der Waals surface area contributed by atoms with Crippen LogP contribution in [-0.2, 0) is 6.42 Å². The van der Waals surface area contributed by atoms with E-state index >= 15 is 0 Å². The van der Waals surface area contributed by atoms with Gasteiger partial charge >= 0.3 is 0 Å². The zero-order valence-corrected chi connectivity index (χ0v) is 10.9. The van der Waals surface area contributed by atoms with Gasteiger partial charge in [0.25, 0.3) is 0 Å². The van der Waals surface area contributed by atoms with Gasteiger partial charge in [-0.25, -0.2) is 0 Å². The van der Waals surface area contributed by atoms with Crippen molar-refractivity contribution in [3.8, 4) is 5.75 Å². The third-order valence-electron chi connectivity index (χ3n) is 2.58. The number of carbonyl (C=O) groups excluding carboxylic acids is 1. The number of Topliss-reactive ketones (excluding diaryl/α,β-unsaturated/α-hetero) is 1. The third-order valence-corrected chi connectivity index (χ3v) is 2.58. The summed E-state index contributed by atoms with van der Waals surface area (Å²) in [5, 5.41) is 0. The molecule has 0 spiro atoms. The van der Waals surface area contributed by atoms with Crippen LogP contribution in [0.1, 0.15) is 29.4 Å². The normalized spacial score (nSPS) is 10.2. The molecule has 19 heavy (non-hydrogen) atoms. The highest BCUT2D eigenvalue weighted by molar-refractivity contribution is 5.97. The Labute approximate surface area is 112 Å². The molecule has 4 nitrogen and oxygen atoms in total. The van der Waals surface area contributed by atoms with Gasteiger partial charge in [-0.05, 0) is 24.6 Å². The molecule has 0 aliphatic carbocycles. The first-order valence-electron chi connectivity index (χ1n) is 6.30. The Hall–Kier alpha value is -2.23. The number of pyridine rings is 2. The molecule has 0 N–H and O–H groups in total. The number of nitrogens with zero attached hydrogens (tertiary/aromatic N) is 2. The number of hydrogen-bond donors (Lipinski definition) is 0. The topological polar surface area (TPSA) is 52.1 Å². The smallest absolute Gasteiger partial charge is 0.170 e. The molecule has 0 saturated carbocycles. The lowest BCUT2D eigenvalue weighted by Crippen LogP contribution is -2.06. The molecule has 0 aliphatic rings. The van der Waals surface area contributed by atoms with Crippen molar-refractivity contribution in [2.24, 2.45) is 0 Å². The first-order valence-corrected chi connectivity index (χ1v) is 6.30. The van der Waals surface area contributed by atoms with Crippen LogP contribution in [0, 0.1) is 0 Å². The molecule has 0 fully saturated rings. The molecule has 0 aliphatic heterocycles. The predicted octanol–water partition coefficient (Wildman–Crippen LogP) is 2.69. The highest BCUT2D eigenvalue weighted by Crippen LogP contribution is 2.13. The fourth-order valence-corrected chi connectivity index (χ4v) is 1.64. The Morgan fingerprint density at radius 3 is 2.95 bits per heavy atom. The third kappa shape index (κ3) is 3.88. The van der Waals surface area contributed by atoms with Crippen molar-refractivity contribution in [3.63, 3.8) is 0 Å². The van der Waals surface area contributed by atoms with Gasteiger partial charge in [-0.2, -0.15) is 0 Å². The molecule has 0 unspecified atom stereocenters. The van der Waals surface area contributed by atoms with Crippen LogP contribution in [0.4, 0.5) is 0 Å². The largest absolute Gasteiger partial charge is 0.492 e. The molecule has 2 heterocycles. The van der Waals surface area contributed by atoms with Gasteiger partial charge in [-0.3, -0.25) is 14.8 Å². The average Bonchev–Trinajstić information content (AvgIpc) is 2.46. The summed E-state index contributed by atoms with van der Waals surface area (Å²) in [6, 6.07) is 7.26. The highest BCUT2D eigenvalue weighted by Gasteiger charge is 2.09. The fraction of sp³-hybridized carbons (Fsp3) is 0.267. The summed E-state index contributed by atoms with van der Waals surface area (Å²) in [6.07, 6.45) is 6.06. The van der Waals surface area contributed by atoms with Crippen LogP contribution < -0.4 is 4.74 Å². The second-order valence-corrected chi connectivity index (χ2v) is 4.18. The van der Waals surface area contributed by atoms with Gasteiger partial charge in [0.05, 0.1) is 19.2 Å². The maximum atomic E-state index is 12.1. The minimum Gasteiger partial charge on any atom is -0.492 e. The summed E-state index contributed by atoms with van der Waals surface area (Å²) >= 11 is 0. The molecule has 2 aromatic heterocycles. The van der Waals surface area contributed by atoms with Crippen LogP contribution in [0.15, 0.2) is 42.9 Å². The monoisotopic (exact) mass is 256 g/mol. The van der Waals surface area contributed by atoms with Gasteiger partial charge in [0.15, 0.2) is 5.78 Å². The highest BCUT2D eigenvalue weighted by atomic mass is 16.5. The molecule has 0 atom stereocenters. The minimum atomic E-state index is -0.00634. The van der Waals surface area contributed by atoms with Crippen LogP contribution in [0.2, 0.25) is 0 Å². The van der Waals surface area contributed by atoms with Gasteiger partial charge in [0.1, 0.15) is 5.75 Å². The Balaban J connectivity index is 2.06. The molecule has 0 saturated heterocycles. The molecule has 2 aromatic rings. The van der Waals surface area contributed by atoms with Crippen LogP contribution >= 0.6 is 0 Å². The van der Waals surface area contributed by atoms with Gasteiger partial charge in [0, 0.05) is 23.7 Å². The summed E-state index contributed by atoms with van der Waals surface area (Å²) in [6.45, 7) is 2.66. The van der Waals surface area contributed by atoms with E-state index in [9.17, 15) is 4.79 Å². The Morgan fingerprint density at radius 2 is 2.21 bits per heavy atom. The summed E-state index contributed by atoms with van der Waals surface area (Å²) in [7, 11) is 0. The molecule has 2 rings (SSSR count). The predicted molar refractivity (Wildman–Crippen MR) is 72.3 cm³/mol. The van der Waals surface area contributed by atoms with E-state index in [4.69, 9.17) is 4.74 Å².